The zero-order valence-electron chi connectivity index (χ0n) is 10.9. The summed E-state index contributed by atoms with van der Waals surface area (Å²) in [6, 6.07) is 9.65. The fourth-order valence-electron chi connectivity index (χ4n) is 1.81. The molecule has 0 fully saturated rings. The van der Waals surface area contributed by atoms with Crippen molar-refractivity contribution in [3.8, 4) is 0 Å². The first-order valence-corrected chi connectivity index (χ1v) is 6.86. The van der Waals surface area contributed by atoms with E-state index in [4.69, 9.17) is 23.2 Å². The average Bonchev–Trinajstić information content (AvgIpc) is 2.40. The van der Waals surface area contributed by atoms with E-state index in [1.807, 2.05) is 49.2 Å². The zero-order chi connectivity index (χ0) is 13.8. The van der Waals surface area contributed by atoms with E-state index >= 15 is 0 Å². The lowest BCUT2D eigenvalue weighted by Crippen LogP contribution is -2.20. The van der Waals surface area contributed by atoms with E-state index in [1.165, 1.54) is 0 Å². The van der Waals surface area contributed by atoms with Crippen molar-refractivity contribution in [2.24, 2.45) is 0 Å². The van der Waals surface area contributed by atoms with Crippen molar-refractivity contribution in [1.82, 2.24) is 9.97 Å². The van der Waals surface area contributed by atoms with Crippen molar-refractivity contribution in [2.45, 2.75) is 19.3 Å². The van der Waals surface area contributed by atoms with Gasteiger partial charge in [0.25, 0.3) is 0 Å². The van der Waals surface area contributed by atoms with Gasteiger partial charge in [-0.05, 0) is 24.6 Å². The number of hydrogen-bond acceptors (Lipinski definition) is 3. The van der Waals surface area contributed by atoms with E-state index in [9.17, 15) is 0 Å². The molecule has 100 valence electrons. The van der Waals surface area contributed by atoms with Crippen LogP contribution < -0.4 is 4.90 Å². The smallest absolute Gasteiger partial charge is 0.225 e. The van der Waals surface area contributed by atoms with E-state index in [1.54, 1.807) is 0 Å². The van der Waals surface area contributed by atoms with Crippen LogP contribution in [-0.2, 0) is 12.4 Å². The first-order chi connectivity index (χ1) is 9.10. The van der Waals surface area contributed by atoms with Gasteiger partial charge in [0.05, 0.1) is 11.6 Å². The summed E-state index contributed by atoms with van der Waals surface area (Å²) in [6.07, 6.45) is 0. The Morgan fingerprint density at radius 2 is 1.95 bits per heavy atom. The molecular formula is C14H15Cl2N3. The lowest BCUT2D eigenvalue weighted by molar-refractivity contribution is 0.850. The van der Waals surface area contributed by atoms with Crippen molar-refractivity contribution < 1.29 is 0 Å². The van der Waals surface area contributed by atoms with Gasteiger partial charge in [-0.15, -0.1) is 11.6 Å². The second kappa shape index (κ2) is 6.22. The zero-order valence-corrected chi connectivity index (χ0v) is 12.4. The summed E-state index contributed by atoms with van der Waals surface area (Å²) in [7, 11) is 1.94. The highest BCUT2D eigenvalue weighted by Gasteiger charge is 2.09. The van der Waals surface area contributed by atoms with Crippen LogP contribution in [0.25, 0.3) is 0 Å². The largest absolute Gasteiger partial charge is 0.339 e. The molecule has 1 heterocycles. The first kappa shape index (κ1) is 14.1. The van der Waals surface area contributed by atoms with E-state index in [2.05, 4.69) is 9.97 Å². The summed E-state index contributed by atoms with van der Waals surface area (Å²) in [5.74, 6) is 1.05. The summed E-state index contributed by atoms with van der Waals surface area (Å²) in [5.41, 5.74) is 2.78. The number of hydrogen-bond donors (Lipinski definition) is 0. The van der Waals surface area contributed by atoms with Crippen LogP contribution in [0.15, 0.2) is 30.3 Å². The predicted molar refractivity (Wildman–Crippen MR) is 79.9 cm³/mol. The molecule has 0 unspecified atom stereocenters. The molecule has 0 radical (unpaired) electrons. The standard InChI is InChI=1S/C14H15Cl2N3/c1-10-7-12(8-15)18-14(17-10)19(2)9-11-5-3-4-6-13(11)16/h3-7H,8-9H2,1-2H3. The van der Waals surface area contributed by atoms with Gasteiger partial charge in [-0.25, -0.2) is 9.97 Å². The molecule has 0 saturated carbocycles. The summed E-state index contributed by atoms with van der Waals surface area (Å²) >= 11 is 12.0. The quantitative estimate of drug-likeness (QED) is 0.803. The van der Waals surface area contributed by atoms with Crippen molar-refractivity contribution in [2.75, 3.05) is 11.9 Å². The molecule has 2 aromatic rings. The molecule has 3 nitrogen and oxygen atoms in total. The van der Waals surface area contributed by atoms with Gasteiger partial charge in [-0.3, -0.25) is 0 Å². The summed E-state index contributed by atoms with van der Waals surface area (Å²) in [6.45, 7) is 2.59. The van der Waals surface area contributed by atoms with Crippen LogP contribution in [0.4, 0.5) is 5.95 Å². The molecule has 0 atom stereocenters. The van der Waals surface area contributed by atoms with Gasteiger partial charge in [-0.2, -0.15) is 0 Å². The second-order valence-electron chi connectivity index (χ2n) is 4.38. The van der Waals surface area contributed by atoms with E-state index in [0.717, 1.165) is 22.0 Å². The highest BCUT2D eigenvalue weighted by molar-refractivity contribution is 6.31. The fraction of sp³-hybridized carbons (Fsp3) is 0.286. The number of aromatic nitrogens is 2. The molecular weight excluding hydrogens is 281 g/mol. The van der Waals surface area contributed by atoms with Gasteiger partial charge in [0.15, 0.2) is 0 Å². The Morgan fingerprint density at radius 3 is 2.63 bits per heavy atom. The number of rotatable bonds is 4. The minimum Gasteiger partial charge on any atom is -0.339 e. The fourth-order valence-corrected chi connectivity index (χ4v) is 2.14. The van der Waals surface area contributed by atoms with Gasteiger partial charge < -0.3 is 4.90 Å². The number of aryl methyl sites for hydroxylation is 1. The van der Waals surface area contributed by atoms with Crippen molar-refractivity contribution in [1.29, 1.82) is 0 Å². The number of benzene rings is 1. The molecule has 2 rings (SSSR count). The summed E-state index contributed by atoms with van der Waals surface area (Å²) in [4.78, 5) is 10.8. The molecule has 1 aromatic heterocycles. The first-order valence-electron chi connectivity index (χ1n) is 5.95. The van der Waals surface area contributed by atoms with Gasteiger partial charge in [-0.1, -0.05) is 29.8 Å². The number of halogens is 2. The molecule has 0 aliphatic rings. The minimum atomic E-state index is 0.385. The average molecular weight is 296 g/mol. The van der Waals surface area contributed by atoms with Crippen molar-refractivity contribution >= 4 is 29.2 Å². The Labute approximate surface area is 123 Å². The lowest BCUT2D eigenvalue weighted by atomic mass is 10.2. The maximum Gasteiger partial charge on any atom is 0.225 e. The van der Waals surface area contributed by atoms with Crippen LogP contribution in [0.2, 0.25) is 5.02 Å². The molecule has 0 N–H and O–H groups in total. The predicted octanol–water partition coefficient (Wildman–Crippen LogP) is 3.81. The van der Waals surface area contributed by atoms with E-state index in [0.29, 0.717) is 18.4 Å². The SMILES string of the molecule is Cc1cc(CCl)nc(N(C)Cc2ccccc2Cl)n1. The van der Waals surface area contributed by atoms with Gasteiger partial charge in [0, 0.05) is 24.3 Å². The topological polar surface area (TPSA) is 29.0 Å². The van der Waals surface area contributed by atoms with Gasteiger partial charge in [0.2, 0.25) is 5.95 Å². The molecule has 1 aromatic carbocycles. The molecule has 0 aliphatic heterocycles. The van der Waals surface area contributed by atoms with Crippen molar-refractivity contribution in [3.05, 3.63) is 52.3 Å². The second-order valence-corrected chi connectivity index (χ2v) is 5.06. The Kier molecular flexibility index (Phi) is 4.61. The van der Waals surface area contributed by atoms with Gasteiger partial charge >= 0.3 is 0 Å². The van der Waals surface area contributed by atoms with Crippen molar-refractivity contribution in [3.63, 3.8) is 0 Å². The van der Waals surface area contributed by atoms with Crippen LogP contribution in [0, 0.1) is 6.92 Å². The summed E-state index contributed by atoms with van der Waals surface area (Å²) < 4.78 is 0. The Morgan fingerprint density at radius 1 is 1.21 bits per heavy atom. The lowest BCUT2D eigenvalue weighted by Gasteiger charge is -2.18. The highest BCUT2D eigenvalue weighted by Crippen LogP contribution is 2.19. The Bertz CT molecular complexity index is 572. The molecule has 19 heavy (non-hydrogen) atoms. The third-order valence-electron chi connectivity index (χ3n) is 2.74. The van der Waals surface area contributed by atoms with Crippen LogP contribution in [-0.4, -0.2) is 17.0 Å². The Hall–Kier alpha value is -1.32. The molecule has 0 spiro atoms. The van der Waals surface area contributed by atoms with Crippen LogP contribution in [0.5, 0.6) is 0 Å². The third-order valence-corrected chi connectivity index (χ3v) is 3.38. The van der Waals surface area contributed by atoms with E-state index < -0.39 is 0 Å². The highest BCUT2D eigenvalue weighted by atomic mass is 35.5. The third kappa shape index (κ3) is 3.58. The molecule has 0 aliphatic carbocycles. The molecule has 5 heteroatoms. The molecule has 0 amide bonds. The normalized spacial score (nSPS) is 10.5. The number of alkyl halides is 1. The summed E-state index contributed by atoms with van der Waals surface area (Å²) in [5, 5.41) is 0.750. The van der Waals surface area contributed by atoms with E-state index in [-0.39, 0.29) is 0 Å². The Balaban J connectivity index is 2.22. The minimum absolute atomic E-state index is 0.385. The van der Waals surface area contributed by atoms with Crippen LogP contribution >= 0.6 is 23.2 Å². The molecule has 0 bridgehead atoms. The molecule has 0 saturated heterocycles. The monoisotopic (exact) mass is 295 g/mol. The maximum absolute atomic E-state index is 6.16. The number of anilines is 1. The number of nitrogens with zero attached hydrogens (tertiary/aromatic N) is 3. The van der Waals surface area contributed by atoms with Gasteiger partial charge in [0.1, 0.15) is 0 Å². The van der Waals surface area contributed by atoms with Crippen LogP contribution in [0.1, 0.15) is 17.0 Å². The maximum atomic E-state index is 6.16. The van der Waals surface area contributed by atoms with Crippen LogP contribution in [0.3, 0.4) is 0 Å².